The number of rotatable bonds is 7. The number of hydrogen-bond donors (Lipinski definition) is 0. The van der Waals surface area contributed by atoms with E-state index >= 15 is 0 Å². The molecule has 0 bridgehead atoms. The van der Waals surface area contributed by atoms with Gasteiger partial charge in [-0.15, -0.1) is 0 Å². The molecule has 0 saturated carbocycles. The van der Waals surface area contributed by atoms with Crippen LogP contribution in [0.5, 0.6) is 0 Å². The second kappa shape index (κ2) is 9.28. The normalized spacial score (nSPS) is 16.4. The van der Waals surface area contributed by atoms with Crippen molar-refractivity contribution >= 4 is 19.8 Å². The summed E-state index contributed by atoms with van der Waals surface area (Å²) < 4.78 is 7.15. The van der Waals surface area contributed by atoms with Crippen molar-refractivity contribution in [3.8, 4) is 0 Å². The van der Waals surface area contributed by atoms with E-state index in [0.29, 0.717) is 22.2 Å². The molecule has 2 rings (SSSR count). The Labute approximate surface area is 173 Å². The Morgan fingerprint density at radius 2 is 1.50 bits per heavy atom. The van der Waals surface area contributed by atoms with Gasteiger partial charge in [0.15, 0.2) is 0 Å². The third kappa shape index (κ3) is 4.21. The Morgan fingerprint density at radius 1 is 0.929 bits per heavy atom. The summed E-state index contributed by atoms with van der Waals surface area (Å²) >= 11 is 0. The van der Waals surface area contributed by atoms with Crippen LogP contribution >= 0.6 is 0 Å². The monoisotopic (exact) mass is 398 g/mol. The average molecular weight is 399 g/mol. The summed E-state index contributed by atoms with van der Waals surface area (Å²) in [6.07, 6.45) is 3.15. The fourth-order valence-electron chi connectivity index (χ4n) is 5.09. The zero-order chi connectivity index (χ0) is 21.1. The minimum absolute atomic E-state index is 0.0901. The number of carbonyl (C=O) groups excluding carboxylic acids is 1. The highest BCUT2D eigenvalue weighted by molar-refractivity contribution is 6.78. The van der Waals surface area contributed by atoms with Gasteiger partial charge < -0.3 is 4.43 Å². The first kappa shape index (κ1) is 22.7. The highest BCUT2D eigenvalue weighted by atomic mass is 28.4. The Kier molecular flexibility index (Phi) is 7.53. The van der Waals surface area contributed by atoms with Crippen LogP contribution in [0.15, 0.2) is 35.6 Å². The topological polar surface area (TPSA) is 26.3 Å². The number of fused-ring (bicyclic) bond motifs is 1. The summed E-state index contributed by atoms with van der Waals surface area (Å²) in [7, 11) is -2.18. The molecule has 1 aromatic carbocycles. The van der Waals surface area contributed by atoms with E-state index in [1.54, 1.807) is 0 Å². The van der Waals surface area contributed by atoms with E-state index < -0.39 is 8.32 Å². The van der Waals surface area contributed by atoms with E-state index in [9.17, 15) is 4.79 Å². The largest absolute Gasteiger partial charge is 0.542 e. The van der Waals surface area contributed by atoms with Gasteiger partial charge in [-0.05, 0) is 52.9 Å². The zero-order valence-electron chi connectivity index (χ0n) is 19.1. The molecule has 0 fully saturated rings. The predicted molar refractivity (Wildman–Crippen MR) is 122 cm³/mol. The molecule has 0 spiro atoms. The van der Waals surface area contributed by atoms with Crippen LogP contribution in [0, 0.1) is 5.92 Å². The fourth-order valence-corrected chi connectivity index (χ4v) is 10.4. The van der Waals surface area contributed by atoms with Crippen molar-refractivity contribution in [3.05, 3.63) is 46.7 Å². The highest BCUT2D eigenvalue weighted by Crippen LogP contribution is 2.47. The Hall–Kier alpha value is -1.57. The van der Waals surface area contributed by atoms with E-state index in [4.69, 9.17) is 4.43 Å². The molecule has 0 saturated heterocycles. The van der Waals surface area contributed by atoms with Crippen molar-refractivity contribution in [2.45, 2.75) is 91.3 Å². The quantitative estimate of drug-likeness (QED) is 0.273. The van der Waals surface area contributed by atoms with Crippen LogP contribution in [0.3, 0.4) is 0 Å². The molecule has 0 aromatic heterocycles. The van der Waals surface area contributed by atoms with Crippen LogP contribution in [-0.4, -0.2) is 14.3 Å². The average Bonchev–Trinajstić information content (AvgIpc) is 2.63. The summed E-state index contributed by atoms with van der Waals surface area (Å²) in [6.45, 7) is 17.9. The molecule has 0 amide bonds. The molecule has 154 valence electrons. The van der Waals surface area contributed by atoms with Crippen molar-refractivity contribution in [1.82, 2.24) is 0 Å². The van der Waals surface area contributed by atoms with Crippen LogP contribution in [-0.2, 0) is 15.6 Å². The van der Waals surface area contributed by atoms with Gasteiger partial charge in [0, 0.05) is 5.57 Å². The van der Waals surface area contributed by atoms with Gasteiger partial charge in [-0.1, -0.05) is 79.7 Å². The van der Waals surface area contributed by atoms with Crippen molar-refractivity contribution < 1.29 is 9.22 Å². The van der Waals surface area contributed by atoms with Gasteiger partial charge in [-0.3, -0.25) is 0 Å². The molecule has 3 heteroatoms. The van der Waals surface area contributed by atoms with E-state index in [0.717, 1.165) is 25.0 Å². The second-order valence-corrected chi connectivity index (χ2v) is 14.8. The lowest BCUT2D eigenvalue weighted by molar-refractivity contribution is 0.372. The third-order valence-electron chi connectivity index (χ3n) is 6.41. The Bertz CT molecular complexity index is 743. The van der Waals surface area contributed by atoms with Crippen LogP contribution < -0.4 is 0 Å². The molecule has 0 unspecified atom stereocenters. The van der Waals surface area contributed by atoms with Crippen LogP contribution in [0.25, 0.3) is 5.57 Å². The minimum Gasteiger partial charge on any atom is -0.542 e. The smallest absolute Gasteiger partial charge is 0.258 e. The summed E-state index contributed by atoms with van der Waals surface area (Å²) in [6, 6.07) is 8.61. The standard InChI is InChI=1S/C25H38O2Si/c1-17(2)24(16-26)25(27-28(18(3)4,19(5)6)20(7)8)23-15-11-13-21-12-9-10-14-22(21)23/h9-10,12,14,17-20H,11,13,15H2,1-8H3/b25-23+. The van der Waals surface area contributed by atoms with Crippen molar-refractivity contribution in [1.29, 1.82) is 0 Å². The molecular formula is C25H38O2Si. The third-order valence-corrected chi connectivity index (χ3v) is 12.4. The zero-order valence-corrected chi connectivity index (χ0v) is 20.1. The first-order chi connectivity index (χ1) is 13.2. The molecule has 0 atom stereocenters. The van der Waals surface area contributed by atoms with Crippen molar-refractivity contribution in [2.24, 2.45) is 5.92 Å². The SMILES string of the molecule is CC(C)C(=C=O)/C(O[Si](C(C)C)(C(C)C)C(C)C)=C1/CCCc2ccccc21. The van der Waals surface area contributed by atoms with Gasteiger partial charge in [0.25, 0.3) is 8.32 Å². The molecule has 0 radical (unpaired) electrons. The van der Waals surface area contributed by atoms with Crippen molar-refractivity contribution in [2.75, 3.05) is 0 Å². The van der Waals surface area contributed by atoms with Crippen LogP contribution in [0.2, 0.25) is 16.6 Å². The van der Waals surface area contributed by atoms with E-state index in [1.165, 1.54) is 16.7 Å². The number of hydrogen-bond acceptors (Lipinski definition) is 2. The maximum absolute atomic E-state index is 12.1. The lowest BCUT2D eigenvalue weighted by Crippen LogP contribution is -2.48. The first-order valence-electron chi connectivity index (χ1n) is 10.9. The van der Waals surface area contributed by atoms with E-state index in [2.05, 4.69) is 85.6 Å². The number of benzene rings is 1. The molecule has 1 aliphatic carbocycles. The Balaban J connectivity index is 2.77. The molecular weight excluding hydrogens is 360 g/mol. The van der Waals surface area contributed by atoms with Gasteiger partial charge in [-0.2, -0.15) is 0 Å². The Morgan fingerprint density at radius 3 is 2.00 bits per heavy atom. The van der Waals surface area contributed by atoms with E-state index in [1.807, 2.05) is 0 Å². The minimum atomic E-state index is -2.18. The summed E-state index contributed by atoms with van der Waals surface area (Å²) in [4.78, 5) is 12.1. The number of allylic oxidation sites excluding steroid dienone is 2. The van der Waals surface area contributed by atoms with Gasteiger partial charge in [-0.25, -0.2) is 4.79 Å². The fraction of sp³-hybridized carbons (Fsp3) is 0.600. The van der Waals surface area contributed by atoms with Crippen LogP contribution in [0.1, 0.15) is 79.4 Å². The molecule has 0 aliphatic heterocycles. The van der Waals surface area contributed by atoms with Gasteiger partial charge in [0.05, 0.1) is 5.57 Å². The predicted octanol–water partition coefficient (Wildman–Crippen LogP) is 7.34. The highest BCUT2D eigenvalue weighted by Gasteiger charge is 2.48. The molecule has 28 heavy (non-hydrogen) atoms. The lowest BCUT2D eigenvalue weighted by Gasteiger charge is -2.44. The summed E-state index contributed by atoms with van der Waals surface area (Å²) in [5, 5.41) is 0. The summed E-state index contributed by atoms with van der Waals surface area (Å²) in [5.74, 6) is 3.21. The van der Waals surface area contributed by atoms with Gasteiger partial charge in [0.1, 0.15) is 11.7 Å². The maximum atomic E-state index is 12.1. The molecule has 1 aromatic rings. The lowest BCUT2D eigenvalue weighted by atomic mass is 9.84. The van der Waals surface area contributed by atoms with Gasteiger partial charge in [0.2, 0.25) is 0 Å². The summed E-state index contributed by atoms with van der Waals surface area (Å²) in [5.41, 5.74) is 5.92. The number of aryl methyl sites for hydroxylation is 1. The molecule has 0 N–H and O–H groups in total. The molecule has 1 aliphatic rings. The van der Waals surface area contributed by atoms with E-state index in [-0.39, 0.29) is 5.92 Å². The van der Waals surface area contributed by atoms with Crippen LogP contribution in [0.4, 0.5) is 0 Å². The van der Waals surface area contributed by atoms with Gasteiger partial charge >= 0.3 is 0 Å². The molecule has 0 heterocycles. The van der Waals surface area contributed by atoms with Crippen molar-refractivity contribution in [3.63, 3.8) is 0 Å². The second-order valence-electron chi connectivity index (χ2n) is 9.41. The molecule has 2 nitrogen and oxygen atoms in total. The first-order valence-corrected chi connectivity index (χ1v) is 13.1. The maximum Gasteiger partial charge on any atom is 0.258 e.